The number of unbranched alkanes of at least 4 members (excludes halogenated alkanes) is 1. The van der Waals surface area contributed by atoms with Gasteiger partial charge in [-0.2, -0.15) is 0 Å². The minimum Gasteiger partial charge on any atom is -0.494 e. The second kappa shape index (κ2) is 16.6. The minimum atomic E-state index is -0.537. The monoisotopic (exact) mass is 653 g/mol. The van der Waals surface area contributed by atoms with Crippen molar-refractivity contribution in [2.24, 2.45) is 0 Å². The quantitative estimate of drug-likeness (QED) is 0.146. The van der Waals surface area contributed by atoms with E-state index in [0.717, 1.165) is 56.8 Å². The molecular formula is C35H47N3O7S. The van der Waals surface area contributed by atoms with Gasteiger partial charge in [-0.05, 0) is 54.6 Å². The molecule has 1 saturated heterocycles. The van der Waals surface area contributed by atoms with Crippen LogP contribution in [0.5, 0.6) is 5.75 Å². The maximum atomic E-state index is 13.1. The predicted molar refractivity (Wildman–Crippen MR) is 181 cm³/mol. The molecule has 2 aliphatic rings. The van der Waals surface area contributed by atoms with Crippen molar-refractivity contribution >= 4 is 44.7 Å². The summed E-state index contributed by atoms with van der Waals surface area (Å²) in [5, 5.41) is 3.53. The number of hydrogen-bond acceptors (Lipinski definition) is 10. The van der Waals surface area contributed by atoms with Crippen molar-refractivity contribution in [3.05, 3.63) is 53.4 Å². The number of nitrogens with zero attached hydrogens (tertiary/aromatic N) is 3. The number of fused-ring (bicyclic) bond motifs is 2. The van der Waals surface area contributed by atoms with E-state index in [4.69, 9.17) is 23.7 Å². The minimum absolute atomic E-state index is 0.0954. The largest absolute Gasteiger partial charge is 0.494 e. The van der Waals surface area contributed by atoms with Crippen LogP contribution in [0, 0.1) is 0 Å². The average Bonchev–Trinajstić information content (AvgIpc) is 3.53. The summed E-state index contributed by atoms with van der Waals surface area (Å²) in [6.45, 7) is 11.2. The molecule has 1 amide bonds. The van der Waals surface area contributed by atoms with Gasteiger partial charge in [-0.3, -0.25) is 14.6 Å². The molecule has 0 atom stereocenters. The van der Waals surface area contributed by atoms with Gasteiger partial charge in [0.1, 0.15) is 12.4 Å². The Balaban J connectivity index is 1.05. The highest BCUT2D eigenvalue weighted by Gasteiger charge is 2.37. The van der Waals surface area contributed by atoms with Gasteiger partial charge in [0.05, 0.1) is 38.7 Å². The molecule has 46 heavy (non-hydrogen) atoms. The van der Waals surface area contributed by atoms with E-state index in [1.807, 2.05) is 18.2 Å². The number of carbonyl (C=O) groups is 2. The molecule has 3 heterocycles. The number of anilines is 2. The van der Waals surface area contributed by atoms with E-state index in [-0.39, 0.29) is 31.3 Å². The van der Waals surface area contributed by atoms with Gasteiger partial charge in [-0.1, -0.05) is 26.0 Å². The fourth-order valence-corrected chi connectivity index (χ4v) is 6.84. The first-order valence-corrected chi connectivity index (χ1v) is 17.0. The molecule has 250 valence electrons. The van der Waals surface area contributed by atoms with Crippen molar-refractivity contribution in [2.75, 3.05) is 96.0 Å². The zero-order chi connectivity index (χ0) is 32.4. The number of thiophene rings is 1. The highest BCUT2D eigenvalue weighted by Crippen LogP contribution is 2.42. The smallest absolute Gasteiger partial charge is 0.333 e. The van der Waals surface area contributed by atoms with E-state index in [9.17, 15) is 9.59 Å². The van der Waals surface area contributed by atoms with Gasteiger partial charge in [0, 0.05) is 67.0 Å². The Bertz CT molecular complexity index is 1440. The molecule has 5 rings (SSSR count). The molecule has 2 aromatic carbocycles. The van der Waals surface area contributed by atoms with Crippen LogP contribution in [-0.4, -0.2) is 103 Å². The fraction of sp³-hybridized carbons (Fsp3) is 0.543. The summed E-state index contributed by atoms with van der Waals surface area (Å²) < 4.78 is 28.5. The van der Waals surface area contributed by atoms with Crippen molar-refractivity contribution in [3.63, 3.8) is 0 Å². The van der Waals surface area contributed by atoms with Gasteiger partial charge in [-0.15, -0.1) is 11.3 Å². The third-order valence-electron chi connectivity index (χ3n) is 8.58. The molecule has 1 aromatic heterocycles. The molecule has 3 aromatic rings. The normalized spacial score (nSPS) is 16.5. The standard InChI is InChI=1S/C35H47N3O7S/c1-35(2)24-33(39)38(26-45-34(40)25-43-21-20-42-19-18-41-3)31-23-27(9-10-29(31)35)44-17-5-4-12-36-13-15-37(16-14-36)30-7-6-8-32-28(30)11-22-46-32/h6-11,22-23H,4-5,12-21,24-26H2,1-3H3. The van der Waals surface area contributed by atoms with Gasteiger partial charge >= 0.3 is 5.97 Å². The highest BCUT2D eigenvalue weighted by atomic mass is 32.1. The average molecular weight is 654 g/mol. The number of ether oxygens (including phenoxy) is 5. The van der Waals surface area contributed by atoms with Crippen LogP contribution in [0.4, 0.5) is 11.4 Å². The molecule has 0 saturated carbocycles. The lowest BCUT2D eigenvalue weighted by Crippen LogP contribution is -2.46. The number of hydrogen-bond donors (Lipinski definition) is 0. The number of rotatable bonds is 17. The molecule has 10 nitrogen and oxygen atoms in total. The second-order valence-corrected chi connectivity index (χ2v) is 13.3. The van der Waals surface area contributed by atoms with E-state index in [0.29, 0.717) is 38.6 Å². The number of amides is 1. The molecule has 0 spiro atoms. The van der Waals surface area contributed by atoms with Gasteiger partial charge in [-0.25, -0.2) is 4.79 Å². The zero-order valence-corrected chi connectivity index (χ0v) is 28.1. The van der Waals surface area contributed by atoms with Crippen molar-refractivity contribution in [1.29, 1.82) is 0 Å². The van der Waals surface area contributed by atoms with Gasteiger partial charge in [0.25, 0.3) is 0 Å². The van der Waals surface area contributed by atoms with Crippen LogP contribution < -0.4 is 14.5 Å². The summed E-state index contributed by atoms with van der Waals surface area (Å²) in [5.41, 5.74) is 2.75. The number of carbonyl (C=O) groups excluding carboxylic acids is 2. The molecule has 0 N–H and O–H groups in total. The number of piperazine rings is 1. The summed E-state index contributed by atoms with van der Waals surface area (Å²) in [5.74, 6) is 0.0698. The fourth-order valence-electron chi connectivity index (χ4n) is 6.03. The number of benzene rings is 2. The van der Waals surface area contributed by atoms with Crippen LogP contribution in [-0.2, 0) is 34.0 Å². The van der Waals surface area contributed by atoms with Crippen LogP contribution >= 0.6 is 11.3 Å². The molecule has 2 aliphatic heterocycles. The van der Waals surface area contributed by atoms with Crippen molar-refractivity contribution < 1.29 is 33.3 Å². The van der Waals surface area contributed by atoms with E-state index < -0.39 is 5.97 Å². The Morgan fingerprint density at radius 1 is 0.913 bits per heavy atom. The lowest BCUT2D eigenvalue weighted by Gasteiger charge is -2.38. The molecule has 11 heteroatoms. The van der Waals surface area contributed by atoms with E-state index in [1.54, 1.807) is 18.4 Å². The summed E-state index contributed by atoms with van der Waals surface area (Å²) >= 11 is 1.80. The molecular weight excluding hydrogens is 606 g/mol. The number of methoxy groups -OCH3 is 1. The van der Waals surface area contributed by atoms with Crippen molar-refractivity contribution in [1.82, 2.24) is 4.90 Å². The Hall–Kier alpha value is -3.22. The van der Waals surface area contributed by atoms with Crippen LogP contribution in [0.15, 0.2) is 47.8 Å². The van der Waals surface area contributed by atoms with Gasteiger partial charge in [0.2, 0.25) is 5.91 Å². The summed E-state index contributed by atoms with van der Waals surface area (Å²) in [4.78, 5) is 32.0. The van der Waals surface area contributed by atoms with E-state index in [1.165, 1.54) is 20.7 Å². The Labute approximate surface area is 276 Å². The topological polar surface area (TPSA) is 90.0 Å². The molecule has 0 bridgehead atoms. The highest BCUT2D eigenvalue weighted by molar-refractivity contribution is 7.17. The third-order valence-corrected chi connectivity index (χ3v) is 9.47. The van der Waals surface area contributed by atoms with E-state index >= 15 is 0 Å². The summed E-state index contributed by atoms with van der Waals surface area (Å²) in [6.07, 6.45) is 2.32. The molecule has 1 fully saturated rings. The molecule has 0 radical (unpaired) electrons. The molecule has 0 unspecified atom stereocenters. The first-order valence-electron chi connectivity index (χ1n) is 16.2. The Morgan fingerprint density at radius 3 is 2.54 bits per heavy atom. The van der Waals surface area contributed by atoms with Crippen molar-refractivity contribution in [2.45, 2.75) is 38.5 Å². The predicted octanol–water partition coefficient (Wildman–Crippen LogP) is 5.08. The first-order chi connectivity index (χ1) is 22.4. The first kappa shape index (κ1) is 34.1. The van der Waals surface area contributed by atoms with Crippen LogP contribution in [0.25, 0.3) is 10.1 Å². The lowest BCUT2D eigenvalue weighted by atomic mass is 9.77. The van der Waals surface area contributed by atoms with Gasteiger partial charge in [0.15, 0.2) is 6.73 Å². The van der Waals surface area contributed by atoms with Crippen molar-refractivity contribution in [3.8, 4) is 5.75 Å². The van der Waals surface area contributed by atoms with Gasteiger partial charge < -0.3 is 28.6 Å². The lowest BCUT2D eigenvalue weighted by molar-refractivity contribution is -0.149. The second-order valence-electron chi connectivity index (χ2n) is 12.4. The van der Waals surface area contributed by atoms with Crippen LogP contribution in [0.2, 0.25) is 0 Å². The maximum absolute atomic E-state index is 13.1. The maximum Gasteiger partial charge on any atom is 0.333 e. The summed E-state index contributed by atoms with van der Waals surface area (Å²) in [7, 11) is 1.61. The summed E-state index contributed by atoms with van der Waals surface area (Å²) in [6, 6.07) is 14.7. The third kappa shape index (κ3) is 8.98. The molecule has 0 aliphatic carbocycles. The Morgan fingerprint density at radius 2 is 1.72 bits per heavy atom. The Kier molecular flexibility index (Phi) is 12.3. The number of esters is 1. The van der Waals surface area contributed by atoms with Crippen LogP contribution in [0.3, 0.4) is 0 Å². The van der Waals surface area contributed by atoms with E-state index in [2.05, 4.69) is 53.3 Å². The SMILES string of the molecule is COCCOCCOCC(=O)OCN1C(=O)CC(C)(C)c2ccc(OCCCCN3CCN(c4cccc5sccc45)CC3)cc21. The zero-order valence-electron chi connectivity index (χ0n) is 27.3. The van der Waals surface area contributed by atoms with Crippen LogP contribution in [0.1, 0.15) is 38.7 Å².